The average Bonchev–Trinajstić information content (AvgIpc) is 2.99. The van der Waals surface area contributed by atoms with Crippen LogP contribution in [0.4, 0.5) is 0 Å². The number of aromatic amines is 1. The molecule has 2 heterocycles. The Bertz CT molecular complexity index is 545. The van der Waals surface area contributed by atoms with E-state index in [-0.39, 0.29) is 18.2 Å². The molecule has 1 saturated heterocycles. The van der Waals surface area contributed by atoms with Gasteiger partial charge in [0.05, 0.1) is 6.42 Å². The minimum absolute atomic E-state index is 0.0895. The molecule has 0 bridgehead atoms. The van der Waals surface area contributed by atoms with Crippen molar-refractivity contribution in [3.05, 3.63) is 11.6 Å². The molecule has 1 N–H and O–H groups in total. The lowest BCUT2D eigenvalue weighted by molar-refractivity contribution is -0.133. The van der Waals surface area contributed by atoms with Gasteiger partial charge in [-0.1, -0.05) is 0 Å². The summed E-state index contributed by atoms with van der Waals surface area (Å²) in [6.07, 6.45) is 3.76. The van der Waals surface area contributed by atoms with Crippen LogP contribution in [0, 0.1) is 12.8 Å². The standard InChI is InChI=1S/C17H29N5O2/c1-4-21(5-2)16(23)7-6-14-8-10-22(11-9-14)17(24)12-15-18-13(3)19-20-15/h14H,4-12H2,1-3H3,(H,18,19,20). The van der Waals surface area contributed by atoms with Crippen molar-refractivity contribution >= 4 is 11.8 Å². The molecule has 1 fully saturated rings. The van der Waals surface area contributed by atoms with Crippen LogP contribution in [0.15, 0.2) is 0 Å². The Balaban J connectivity index is 1.71. The predicted octanol–water partition coefficient (Wildman–Crippen LogP) is 1.54. The van der Waals surface area contributed by atoms with Gasteiger partial charge in [-0.3, -0.25) is 14.7 Å². The van der Waals surface area contributed by atoms with Crippen molar-refractivity contribution in [1.82, 2.24) is 25.0 Å². The lowest BCUT2D eigenvalue weighted by Gasteiger charge is -2.32. The third-order valence-electron chi connectivity index (χ3n) is 4.80. The summed E-state index contributed by atoms with van der Waals surface area (Å²) in [6, 6.07) is 0. The van der Waals surface area contributed by atoms with Gasteiger partial charge in [0.1, 0.15) is 5.82 Å². The van der Waals surface area contributed by atoms with Gasteiger partial charge in [0.25, 0.3) is 0 Å². The second kappa shape index (κ2) is 8.80. The van der Waals surface area contributed by atoms with Gasteiger partial charge in [-0.25, -0.2) is 4.98 Å². The Morgan fingerprint density at radius 2 is 1.92 bits per heavy atom. The number of nitrogens with one attached hydrogen (secondary N) is 1. The number of piperidine rings is 1. The molecule has 24 heavy (non-hydrogen) atoms. The highest BCUT2D eigenvalue weighted by Crippen LogP contribution is 2.22. The Morgan fingerprint density at radius 3 is 2.46 bits per heavy atom. The van der Waals surface area contributed by atoms with Gasteiger partial charge >= 0.3 is 0 Å². The summed E-state index contributed by atoms with van der Waals surface area (Å²) in [5.41, 5.74) is 0. The molecule has 1 aliphatic rings. The van der Waals surface area contributed by atoms with E-state index in [1.54, 1.807) is 0 Å². The topological polar surface area (TPSA) is 82.2 Å². The van der Waals surface area contributed by atoms with Crippen LogP contribution >= 0.6 is 0 Å². The van der Waals surface area contributed by atoms with Gasteiger partial charge in [0, 0.05) is 32.6 Å². The minimum atomic E-state index is 0.0895. The molecule has 1 aromatic heterocycles. The van der Waals surface area contributed by atoms with Crippen molar-refractivity contribution in [2.24, 2.45) is 5.92 Å². The Hall–Kier alpha value is -1.92. The van der Waals surface area contributed by atoms with E-state index >= 15 is 0 Å². The van der Waals surface area contributed by atoms with Gasteiger partial charge in [-0.15, -0.1) is 0 Å². The average molecular weight is 335 g/mol. The van der Waals surface area contributed by atoms with E-state index in [9.17, 15) is 9.59 Å². The second-order valence-electron chi connectivity index (χ2n) is 6.44. The van der Waals surface area contributed by atoms with E-state index in [0.29, 0.717) is 18.2 Å². The molecule has 134 valence electrons. The fraction of sp³-hybridized carbons (Fsp3) is 0.765. The van der Waals surface area contributed by atoms with Crippen molar-refractivity contribution in [1.29, 1.82) is 0 Å². The molecule has 7 heteroatoms. The van der Waals surface area contributed by atoms with Gasteiger partial charge in [0.2, 0.25) is 11.8 Å². The molecule has 1 aliphatic heterocycles. The Morgan fingerprint density at radius 1 is 1.25 bits per heavy atom. The highest BCUT2D eigenvalue weighted by Gasteiger charge is 2.24. The van der Waals surface area contributed by atoms with Crippen LogP contribution in [-0.4, -0.2) is 63.0 Å². The van der Waals surface area contributed by atoms with E-state index in [1.807, 2.05) is 30.6 Å². The van der Waals surface area contributed by atoms with Crippen LogP contribution in [0.5, 0.6) is 0 Å². The normalized spacial score (nSPS) is 15.5. The maximum absolute atomic E-state index is 12.3. The summed E-state index contributed by atoms with van der Waals surface area (Å²) in [4.78, 5) is 32.3. The number of H-pyrrole nitrogens is 1. The largest absolute Gasteiger partial charge is 0.343 e. The highest BCUT2D eigenvalue weighted by molar-refractivity contribution is 5.78. The van der Waals surface area contributed by atoms with Crippen molar-refractivity contribution < 1.29 is 9.59 Å². The highest BCUT2D eigenvalue weighted by atomic mass is 16.2. The van der Waals surface area contributed by atoms with E-state index < -0.39 is 0 Å². The molecule has 0 aromatic carbocycles. The van der Waals surface area contributed by atoms with Gasteiger partial charge in [0.15, 0.2) is 5.82 Å². The van der Waals surface area contributed by atoms with Crippen LogP contribution in [0.3, 0.4) is 0 Å². The molecule has 7 nitrogen and oxygen atoms in total. The van der Waals surface area contributed by atoms with Crippen LogP contribution < -0.4 is 0 Å². The van der Waals surface area contributed by atoms with Gasteiger partial charge in [-0.05, 0) is 46.0 Å². The first-order valence-electron chi connectivity index (χ1n) is 8.96. The van der Waals surface area contributed by atoms with Gasteiger partial charge < -0.3 is 9.80 Å². The molecule has 2 amide bonds. The number of aryl methyl sites for hydroxylation is 1. The predicted molar refractivity (Wildman–Crippen MR) is 91.3 cm³/mol. The van der Waals surface area contributed by atoms with Crippen LogP contribution in [0.1, 0.15) is 51.2 Å². The molecular formula is C17H29N5O2. The summed E-state index contributed by atoms with van der Waals surface area (Å²) in [5.74, 6) is 2.17. The summed E-state index contributed by atoms with van der Waals surface area (Å²) < 4.78 is 0. The molecule has 1 aromatic rings. The maximum atomic E-state index is 12.3. The second-order valence-corrected chi connectivity index (χ2v) is 6.44. The fourth-order valence-corrected chi connectivity index (χ4v) is 3.25. The molecule has 0 saturated carbocycles. The zero-order valence-electron chi connectivity index (χ0n) is 15.0. The third kappa shape index (κ3) is 5.04. The molecule has 0 aliphatic carbocycles. The zero-order valence-corrected chi connectivity index (χ0v) is 15.0. The molecule has 0 atom stereocenters. The van der Waals surface area contributed by atoms with E-state index in [4.69, 9.17) is 0 Å². The smallest absolute Gasteiger partial charge is 0.230 e. The zero-order chi connectivity index (χ0) is 17.5. The first kappa shape index (κ1) is 18.4. The summed E-state index contributed by atoms with van der Waals surface area (Å²) in [7, 11) is 0. The number of amides is 2. The first-order valence-corrected chi connectivity index (χ1v) is 8.96. The van der Waals surface area contributed by atoms with E-state index in [0.717, 1.165) is 51.3 Å². The summed E-state index contributed by atoms with van der Waals surface area (Å²) in [5, 5.41) is 6.78. The summed E-state index contributed by atoms with van der Waals surface area (Å²) in [6.45, 7) is 8.96. The lowest BCUT2D eigenvalue weighted by atomic mass is 9.91. The lowest BCUT2D eigenvalue weighted by Crippen LogP contribution is -2.39. The molecule has 0 radical (unpaired) electrons. The molecule has 2 rings (SSSR count). The van der Waals surface area contributed by atoms with Crippen molar-refractivity contribution in [3.8, 4) is 0 Å². The molecule has 0 spiro atoms. The number of hydrogen-bond acceptors (Lipinski definition) is 4. The van der Waals surface area contributed by atoms with Gasteiger partial charge in [-0.2, -0.15) is 5.10 Å². The van der Waals surface area contributed by atoms with E-state index in [1.165, 1.54) is 0 Å². The van der Waals surface area contributed by atoms with Crippen LogP contribution in [0.2, 0.25) is 0 Å². The number of hydrogen-bond donors (Lipinski definition) is 1. The Kier molecular flexibility index (Phi) is 6.75. The fourth-order valence-electron chi connectivity index (χ4n) is 3.25. The van der Waals surface area contributed by atoms with E-state index in [2.05, 4.69) is 15.2 Å². The maximum Gasteiger partial charge on any atom is 0.230 e. The van der Waals surface area contributed by atoms with Crippen molar-refractivity contribution in [2.75, 3.05) is 26.2 Å². The first-order chi connectivity index (χ1) is 11.5. The number of carbonyl (C=O) groups is 2. The number of carbonyl (C=O) groups excluding carboxylic acids is 2. The Labute approximate surface area is 143 Å². The summed E-state index contributed by atoms with van der Waals surface area (Å²) >= 11 is 0. The SMILES string of the molecule is CCN(CC)C(=O)CCC1CCN(C(=O)Cc2n[nH]c(C)n2)CC1. The monoisotopic (exact) mass is 335 g/mol. The number of nitrogens with zero attached hydrogens (tertiary/aromatic N) is 4. The third-order valence-corrected chi connectivity index (χ3v) is 4.80. The molecule has 0 unspecified atom stereocenters. The van der Waals surface area contributed by atoms with Crippen LogP contribution in [-0.2, 0) is 16.0 Å². The number of likely N-dealkylation sites (tertiary alicyclic amines) is 1. The van der Waals surface area contributed by atoms with Crippen molar-refractivity contribution in [2.45, 2.75) is 52.9 Å². The minimum Gasteiger partial charge on any atom is -0.343 e. The quantitative estimate of drug-likeness (QED) is 0.819. The van der Waals surface area contributed by atoms with Crippen LogP contribution in [0.25, 0.3) is 0 Å². The number of rotatable bonds is 7. The molecular weight excluding hydrogens is 306 g/mol. The van der Waals surface area contributed by atoms with Crippen molar-refractivity contribution in [3.63, 3.8) is 0 Å². The number of aromatic nitrogens is 3.